The SMILES string of the molecule is CCOC(Cc1ccc(OCCN(CC2CCC2)C(=O)NCc2ccccc2)cc1)C(=O)O. The van der Waals surface area contributed by atoms with Crippen LogP contribution in [-0.2, 0) is 22.5 Å². The molecule has 1 atom stereocenters. The van der Waals surface area contributed by atoms with Gasteiger partial charge in [-0.25, -0.2) is 9.59 Å². The minimum atomic E-state index is -0.964. The summed E-state index contributed by atoms with van der Waals surface area (Å²) in [5, 5.41) is 12.3. The summed E-state index contributed by atoms with van der Waals surface area (Å²) < 4.78 is 11.1. The smallest absolute Gasteiger partial charge is 0.333 e. The lowest BCUT2D eigenvalue weighted by molar-refractivity contribution is -0.149. The number of hydrogen-bond acceptors (Lipinski definition) is 4. The molecule has 178 valence electrons. The van der Waals surface area contributed by atoms with Gasteiger partial charge in [-0.3, -0.25) is 0 Å². The van der Waals surface area contributed by atoms with Crippen molar-refractivity contribution in [1.29, 1.82) is 0 Å². The second kappa shape index (κ2) is 12.8. The van der Waals surface area contributed by atoms with E-state index in [-0.39, 0.29) is 6.03 Å². The molecule has 1 aliphatic carbocycles. The number of aliphatic carboxylic acids is 1. The minimum absolute atomic E-state index is 0.0691. The zero-order valence-corrected chi connectivity index (χ0v) is 19.2. The molecule has 7 nitrogen and oxygen atoms in total. The second-order valence-corrected chi connectivity index (χ2v) is 8.37. The van der Waals surface area contributed by atoms with Crippen LogP contribution in [0.3, 0.4) is 0 Å². The molecule has 3 rings (SSSR count). The molecule has 0 radical (unpaired) electrons. The van der Waals surface area contributed by atoms with Gasteiger partial charge in [-0.2, -0.15) is 0 Å². The predicted molar refractivity (Wildman–Crippen MR) is 126 cm³/mol. The number of nitrogens with one attached hydrogen (secondary N) is 1. The van der Waals surface area contributed by atoms with Gasteiger partial charge in [-0.15, -0.1) is 0 Å². The Morgan fingerprint density at radius 3 is 2.42 bits per heavy atom. The molecule has 2 aromatic carbocycles. The lowest BCUT2D eigenvalue weighted by Gasteiger charge is -2.32. The standard InChI is InChI=1S/C26H34N2O5/c1-2-32-24(25(29)30)17-20-11-13-23(14-12-20)33-16-15-28(19-22-9-6-10-22)26(31)27-18-21-7-4-3-5-8-21/h3-5,7-8,11-14,22,24H,2,6,9-10,15-19H2,1H3,(H,27,31)(H,29,30). The molecule has 0 aliphatic heterocycles. The third-order valence-corrected chi connectivity index (χ3v) is 5.89. The number of carboxylic acid groups (broad SMARTS) is 1. The fourth-order valence-electron chi connectivity index (χ4n) is 3.78. The average Bonchev–Trinajstić information content (AvgIpc) is 2.79. The number of rotatable bonds is 13. The Morgan fingerprint density at radius 1 is 1.09 bits per heavy atom. The summed E-state index contributed by atoms with van der Waals surface area (Å²) in [6.07, 6.45) is 3.03. The topological polar surface area (TPSA) is 88.1 Å². The third-order valence-electron chi connectivity index (χ3n) is 5.89. The Morgan fingerprint density at radius 2 is 1.82 bits per heavy atom. The van der Waals surface area contributed by atoms with Gasteiger partial charge in [0.25, 0.3) is 0 Å². The van der Waals surface area contributed by atoms with Crippen molar-refractivity contribution >= 4 is 12.0 Å². The van der Waals surface area contributed by atoms with Gasteiger partial charge in [0.05, 0.1) is 6.54 Å². The average molecular weight is 455 g/mol. The van der Waals surface area contributed by atoms with Gasteiger partial charge in [0.1, 0.15) is 12.4 Å². The number of ether oxygens (including phenoxy) is 2. The number of carbonyl (C=O) groups is 2. The predicted octanol–water partition coefficient (Wildman–Crippen LogP) is 4.11. The third kappa shape index (κ3) is 8.09. The van der Waals surface area contributed by atoms with Crippen LogP contribution in [0.4, 0.5) is 4.79 Å². The number of carboxylic acids is 1. The van der Waals surface area contributed by atoms with Crippen molar-refractivity contribution in [3.8, 4) is 5.75 Å². The summed E-state index contributed by atoms with van der Waals surface area (Å²) in [4.78, 5) is 25.9. The first kappa shape index (κ1) is 24.6. The van der Waals surface area contributed by atoms with Crippen molar-refractivity contribution in [2.45, 2.75) is 45.3 Å². The molecule has 0 heterocycles. The minimum Gasteiger partial charge on any atom is -0.492 e. The molecule has 0 saturated heterocycles. The normalized spacial score (nSPS) is 14.2. The van der Waals surface area contributed by atoms with Gasteiger partial charge < -0.3 is 24.8 Å². The molecule has 33 heavy (non-hydrogen) atoms. The lowest BCUT2D eigenvalue weighted by Crippen LogP contribution is -2.45. The highest BCUT2D eigenvalue weighted by Gasteiger charge is 2.23. The number of urea groups is 1. The van der Waals surface area contributed by atoms with E-state index >= 15 is 0 Å². The Kier molecular flexibility index (Phi) is 9.57. The first-order chi connectivity index (χ1) is 16.0. The van der Waals surface area contributed by atoms with Crippen molar-refractivity contribution in [3.63, 3.8) is 0 Å². The Labute approximate surface area is 195 Å². The molecule has 7 heteroatoms. The van der Waals surface area contributed by atoms with Crippen LogP contribution in [0.15, 0.2) is 54.6 Å². The van der Waals surface area contributed by atoms with Gasteiger partial charge in [-0.05, 0) is 48.9 Å². The van der Waals surface area contributed by atoms with E-state index in [1.165, 1.54) is 19.3 Å². The monoisotopic (exact) mass is 454 g/mol. The molecule has 2 N–H and O–H groups in total. The maximum absolute atomic E-state index is 12.8. The highest BCUT2D eigenvalue weighted by molar-refractivity contribution is 5.74. The first-order valence-corrected chi connectivity index (χ1v) is 11.7. The zero-order chi connectivity index (χ0) is 23.5. The van der Waals surface area contributed by atoms with Crippen LogP contribution in [0.5, 0.6) is 5.75 Å². The summed E-state index contributed by atoms with van der Waals surface area (Å²) in [7, 11) is 0. The Bertz CT molecular complexity index is 868. The van der Waals surface area contributed by atoms with E-state index in [2.05, 4.69) is 5.32 Å². The van der Waals surface area contributed by atoms with Gasteiger partial charge in [0.2, 0.25) is 0 Å². The van der Waals surface area contributed by atoms with Gasteiger partial charge in [0.15, 0.2) is 6.10 Å². The van der Waals surface area contributed by atoms with Crippen LogP contribution >= 0.6 is 0 Å². The molecular weight excluding hydrogens is 420 g/mol. The highest BCUT2D eigenvalue weighted by Crippen LogP contribution is 2.27. The molecule has 1 aliphatic rings. The number of benzene rings is 2. The maximum Gasteiger partial charge on any atom is 0.333 e. The molecule has 1 saturated carbocycles. The van der Waals surface area contributed by atoms with Crippen molar-refractivity contribution in [1.82, 2.24) is 10.2 Å². The molecular formula is C26H34N2O5. The molecule has 0 spiro atoms. The Balaban J connectivity index is 1.48. The molecule has 1 fully saturated rings. The largest absolute Gasteiger partial charge is 0.492 e. The second-order valence-electron chi connectivity index (χ2n) is 8.37. The summed E-state index contributed by atoms with van der Waals surface area (Å²) in [5.41, 5.74) is 1.94. The van der Waals surface area contributed by atoms with Crippen LogP contribution < -0.4 is 10.1 Å². The van der Waals surface area contributed by atoms with E-state index in [9.17, 15) is 14.7 Å². The van der Waals surface area contributed by atoms with Crippen molar-refractivity contribution in [3.05, 3.63) is 65.7 Å². The summed E-state index contributed by atoms with van der Waals surface area (Å²) in [6.45, 7) is 4.28. The van der Waals surface area contributed by atoms with Gasteiger partial charge >= 0.3 is 12.0 Å². The number of hydrogen-bond donors (Lipinski definition) is 2. The Hall–Kier alpha value is -3.06. The maximum atomic E-state index is 12.8. The van der Waals surface area contributed by atoms with Crippen LogP contribution in [0.1, 0.15) is 37.3 Å². The lowest BCUT2D eigenvalue weighted by atomic mass is 9.85. The summed E-state index contributed by atoms with van der Waals surface area (Å²) in [5.74, 6) is 0.295. The van der Waals surface area contributed by atoms with E-state index in [0.29, 0.717) is 44.4 Å². The van der Waals surface area contributed by atoms with E-state index in [4.69, 9.17) is 9.47 Å². The molecule has 2 amide bonds. The fraction of sp³-hybridized carbons (Fsp3) is 0.462. The van der Waals surface area contributed by atoms with Crippen LogP contribution in [0, 0.1) is 5.92 Å². The van der Waals surface area contributed by atoms with E-state index in [1.54, 1.807) is 6.92 Å². The highest BCUT2D eigenvalue weighted by atomic mass is 16.5. The van der Waals surface area contributed by atoms with E-state index in [0.717, 1.165) is 17.7 Å². The number of carbonyl (C=O) groups excluding carboxylic acids is 1. The van der Waals surface area contributed by atoms with Crippen molar-refractivity contribution in [2.24, 2.45) is 5.92 Å². The number of nitrogens with zero attached hydrogens (tertiary/aromatic N) is 1. The van der Waals surface area contributed by atoms with Crippen LogP contribution in [-0.4, -0.2) is 54.4 Å². The van der Waals surface area contributed by atoms with Crippen LogP contribution in [0.2, 0.25) is 0 Å². The number of amides is 2. The van der Waals surface area contributed by atoms with Gasteiger partial charge in [0, 0.05) is 26.1 Å². The van der Waals surface area contributed by atoms with E-state index < -0.39 is 12.1 Å². The summed E-state index contributed by atoms with van der Waals surface area (Å²) in [6, 6.07) is 17.2. The van der Waals surface area contributed by atoms with Crippen molar-refractivity contribution in [2.75, 3.05) is 26.3 Å². The van der Waals surface area contributed by atoms with E-state index in [1.807, 2.05) is 59.5 Å². The molecule has 2 aromatic rings. The molecule has 1 unspecified atom stereocenters. The zero-order valence-electron chi connectivity index (χ0n) is 19.2. The quantitative estimate of drug-likeness (QED) is 0.476. The fourth-order valence-corrected chi connectivity index (χ4v) is 3.78. The van der Waals surface area contributed by atoms with Crippen molar-refractivity contribution < 1.29 is 24.2 Å². The summed E-state index contributed by atoms with van der Waals surface area (Å²) >= 11 is 0. The van der Waals surface area contributed by atoms with Crippen LogP contribution in [0.25, 0.3) is 0 Å². The first-order valence-electron chi connectivity index (χ1n) is 11.7. The van der Waals surface area contributed by atoms with Gasteiger partial charge in [-0.1, -0.05) is 48.9 Å². The molecule has 0 aromatic heterocycles. The molecule has 0 bridgehead atoms.